The molecule has 3 N–H and O–H groups in total. The summed E-state index contributed by atoms with van der Waals surface area (Å²) in [6.07, 6.45) is -3.29. The molecule has 0 heterocycles. The van der Waals surface area contributed by atoms with Crippen LogP contribution in [0.3, 0.4) is 0 Å². The van der Waals surface area contributed by atoms with E-state index in [2.05, 4.69) is 10.6 Å². The minimum atomic E-state index is -4.58. The molecule has 0 aliphatic carbocycles. The fourth-order valence-corrected chi connectivity index (χ4v) is 4.15. The van der Waals surface area contributed by atoms with Gasteiger partial charge in [0.05, 0.1) is 5.56 Å². The zero-order chi connectivity index (χ0) is 30.3. The molecule has 6 nitrogen and oxygen atoms in total. The summed E-state index contributed by atoms with van der Waals surface area (Å²) in [4.78, 5) is 38.2. The van der Waals surface area contributed by atoms with E-state index in [1.165, 1.54) is 6.08 Å². The Bertz CT molecular complexity index is 1590. The summed E-state index contributed by atoms with van der Waals surface area (Å²) in [5.41, 5.74) is 1.62. The van der Waals surface area contributed by atoms with Crippen LogP contribution in [0, 0.1) is 0 Å². The van der Waals surface area contributed by atoms with Crippen LogP contribution >= 0.6 is 11.6 Å². The Morgan fingerprint density at radius 3 is 1.98 bits per heavy atom. The number of rotatable bonds is 9. The molecule has 0 saturated heterocycles. The van der Waals surface area contributed by atoms with E-state index in [4.69, 9.17) is 11.6 Å². The summed E-state index contributed by atoms with van der Waals surface area (Å²) < 4.78 is 38.9. The van der Waals surface area contributed by atoms with Crippen molar-refractivity contribution >= 4 is 35.5 Å². The van der Waals surface area contributed by atoms with Gasteiger partial charge in [0.1, 0.15) is 11.7 Å². The number of alkyl halides is 3. The Balaban J connectivity index is 1.61. The molecule has 4 aromatic carbocycles. The van der Waals surface area contributed by atoms with Crippen LogP contribution in [-0.4, -0.2) is 28.9 Å². The normalized spacial score (nSPS) is 12.3. The van der Waals surface area contributed by atoms with Crippen molar-refractivity contribution in [2.24, 2.45) is 0 Å². The minimum absolute atomic E-state index is 0.0653. The third kappa shape index (κ3) is 8.08. The van der Waals surface area contributed by atoms with Gasteiger partial charge in [0.15, 0.2) is 0 Å². The Morgan fingerprint density at radius 2 is 1.40 bits per heavy atom. The lowest BCUT2D eigenvalue weighted by Gasteiger charge is -2.17. The lowest BCUT2D eigenvalue weighted by molar-refractivity contribution is -0.141. The van der Waals surface area contributed by atoms with E-state index in [0.717, 1.165) is 35.4 Å². The van der Waals surface area contributed by atoms with Gasteiger partial charge in [0, 0.05) is 17.0 Å². The molecule has 0 aromatic heterocycles. The first-order chi connectivity index (χ1) is 20.0. The van der Waals surface area contributed by atoms with Crippen molar-refractivity contribution in [1.29, 1.82) is 0 Å². The summed E-state index contributed by atoms with van der Waals surface area (Å²) in [7, 11) is 0. The van der Waals surface area contributed by atoms with Gasteiger partial charge in [-0.2, -0.15) is 13.2 Å². The maximum atomic E-state index is 13.3. The third-order valence-electron chi connectivity index (χ3n) is 6.25. The first-order valence-corrected chi connectivity index (χ1v) is 13.0. The fraction of sp³-hybridized carbons (Fsp3) is 0.0938. The molecule has 1 atom stereocenters. The first kappa shape index (κ1) is 30.1. The van der Waals surface area contributed by atoms with Gasteiger partial charge in [-0.25, -0.2) is 4.79 Å². The van der Waals surface area contributed by atoms with Crippen LogP contribution in [0.15, 0.2) is 109 Å². The molecule has 2 amide bonds. The predicted molar refractivity (Wildman–Crippen MR) is 153 cm³/mol. The van der Waals surface area contributed by atoms with Crippen molar-refractivity contribution in [3.05, 3.63) is 136 Å². The lowest BCUT2D eigenvalue weighted by atomic mass is 10.0. The Labute approximate surface area is 244 Å². The largest absolute Gasteiger partial charge is 0.480 e. The topological polar surface area (TPSA) is 95.5 Å². The molecule has 0 aliphatic heterocycles. The number of carboxylic acids is 1. The van der Waals surface area contributed by atoms with E-state index in [-0.39, 0.29) is 17.7 Å². The third-order valence-corrected chi connectivity index (χ3v) is 6.50. The highest BCUT2D eigenvalue weighted by atomic mass is 35.5. The standard InChI is InChI=1S/C32H24ClF3N2O4/c33-26-16-8-21(9-17-26)19-28(31(41)42)38-30(40)27(37-29(39)24-12-14-25(15-13-24)32(34,35)36)18-20-6-10-23(11-7-20)22-4-2-1-3-5-22/h1-18,28H,19H2,(H,37,39)(H,38,40)(H,41,42)/t28-/m0/s1. The number of hydrogen-bond donors (Lipinski definition) is 3. The van der Waals surface area contributed by atoms with Crippen molar-refractivity contribution in [2.75, 3.05) is 0 Å². The SMILES string of the molecule is O=C(N[C@@H](Cc1ccc(Cl)cc1)C(=O)O)C(=Cc1ccc(-c2ccccc2)cc1)NC(=O)c1ccc(C(F)(F)F)cc1. The maximum absolute atomic E-state index is 13.3. The molecule has 0 radical (unpaired) electrons. The molecular weight excluding hydrogens is 569 g/mol. The molecular formula is C32H24ClF3N2O4. The second kappa shape index (κ2) is 13.2. The molecule has 42 heavy (non-hydrogen) atoms. The van der Waals surface area contributed by atoms with Crippen LogP contribution in [0.5, 0.6) is 0 Å². The fourth-order valence-electron chi connectivity index (χ4n) is 4.02. The van der Waals surface area contributed by atoms with E-state index in [0.29, 0.717) is 16.1 Å². The summed E-state index contributed by atoms with van der Waals surface area (Å²) in [5, 5.41) is 15.1. The Morgan fingerprint density at radius 1 is 0.810 bits per heavy atom. The number of halogens is 4. The second-order valence-electron chi connectivity index (χ2n) is 9.27. The van der Waals surface area contributed by atoms with Crippen molar-refractivity contribution in [3.8, 4) is 11.1 Å². The summed E-state index contributed by atoms with van der Waals surface area (Å²) >= 11 is 5.90. The van der Waals surface area contributed by atoms with E-state index in [9.17, 15) is 32.7 Å². The van der Waals surface area contributed by atoms with Gasteiger partial charge in [-0.15, -0.1) is 0 Å². The average Bonchev–Trinajstić information content (AvgIpc) is 2.98. The van der Waals surface area contributed by atoms with Crippen LogP contribution in [0.2, 0.25) is 5.02 Å². The number of amides is 2. The van der Waals surface area contributed by atoms with Crippen molar-refractivity contribution < 1.29 is 32.7 Å². The van der Waals surface area contributed by atoms with Crippen LogP contribution < -0.4 is 10.6 Å². The Kier molecular flexibility index (Phi) is 9.44. The highest BCUT2D eigenvalue weighted by Gasteiger charge is 2.30. The first-order valence-electron chi connectivity index (χ1n) is 12.6. The number of carbonyl (C=O) groups excluding carboxylic acids is 2. The molecule has 214 valence electrons. The molecule has 4 rings (SSSR count). The molecule has 10 heteroatoms. The monoisotopic (exact) mass is 592 g/mol. The lowest BCUT2D eigenvalue weighted by Crippen LogP contribution is -2.45. The zero-order valence-corrected chi connectivity index (χ0v) is 22.6. The highest BCUT2D eigenvalue weighted by Crippen LogP contribution is 2.29. The second-order valence-corrected chi connectivity index (χ2v) is 9.71. The van der Waals surface area contributed by atoms with Crippen LogP contribution in [-0.2, 0) is 22.2 Å². The van der Waals surface area contributed by atoms with Crippen molar-refractivity contribution in [3.63, 3.8) is 0 Å². The molecule has 0 aliphatic rings. The number of hydrogen-bond acceptors (Lipinski definition) is 3. The molecule has 0 bridgehead atoms. The summed E-state index contributed by atoms with van der Waals surface area (Å²) in [6, 6.07) is 25.2. The predicted octanol–water partition coefficient (Wildman–Crippen LogP) is 6.61. The van der Waals surface area contributed by atoms with E-state index >= 15 is 0 Å². The molecule has 0 spiro atoms. The van der Waals surface area contributed by atoms with Gasteiger partial charge < -0.3 is 15.7 Å². The minimum Gasteiger partial charge on any atom is -0.480 e. The van der Waals surface area contributed by atoms with Gasteiger partial charge in [-0.1, -0.05) is 78.3 Å². The van der Waals surface area contributed by atoms with E-state index in [1.54, 1.807) is 36.4 Å². The number of carboxylic acid groups (broad SMARTS) is 1. The molecule has 4 aromatic rings. The quantitative estimate of drug-likeness (QED) is 0.191. The number of benzene rings is 4. The summed E-state index contributed by atoms with van der Waals surface area (Å²) in [5.74, 6) is -3.06. The number of aliphatic carboxylic acids is 1. The van der Waals surface area contributed by atoms with Gasteiger partial charge >= 0.3 is 12.1 Å². The van der Waals surface area contributed by atoms with E-state index in [1.807, 2.05) is 42.5 Å². The smallest absolute Gasteiger partial charge is 0.416 e. The van der Waals surface area contributed by atoms with Crippen LogP contribution in [0.25, 0.3) is 17.2 Å². The number of carbonyl (C=O) groups is 3. The molecule has 0 fully saturated rings. The zero-order valence-electron chi connectivity index (χ0n) is 21.9. The average molecular weight is 593 g/mol. The van der Waals surface area contributed by atoms with E-state index < -0.39 is 35.6 Å². The van der Waals surface area contributed by atoms with Crippen LogP contribution in [0.1, 0.15) is 27.0 Å². The van der Waals surface area contributed by atoms with Gasteiger partial charge in [-0.3, -0.25) is 9.59 Å². The van der Waals surface area contributed by atoms with Crippen molar-refractivity contribution in [2.45, 2.75) is 18.6 Å². The molecule has 0 saturated carbocycles. The van der Waals surface area contributed by atoms with Gasteiger partial charge in [0.25, 0.3) is 11.8 Å². The maximum Gasteiger partial charge on any atom is 0.416 e. The Hall–Kier alpha value is -4.89. The van der Waals surface area contributed by atoms with Gasteiger partial charge in [0.2, 0.25) is 0 Å². The van der Waals surface area contributed by atoms with Crippen molar-refractivity contribution in [1.82, 2.24) is 10.6 Å². The highest BCUT2D eigenvalue weighted by molar-refractivity contribution is 6.30. The number of nitrogens with one attached hydrogen (secondary N) is 2. The van der Waals surface area contributed by atoms with Crippen LogP contribution in [0.4, 0.5) is 13.2 Å². The molecule has 0 unspecified atom stereocenters. The summed E-state index contributed by atoms with van der Waals surface area (Å²) in [6.45, 7) is 0. The van der Waals surface area contributed by atoms with Gasteiger partial charge in [-0.05, 0) is 64.7 Å².